The first-order valence-corrected chi connectivity index (χ1v) is 15.3. The Kier molecular flexibility index (Phi) is 16.8. The summed E-state index contributed by atoms with van der Waals surface area (Å²) < 4.78 is 10.9. The van der Waals surface area contributed by atoms with Crippen LogP contribution in [0.3, 0.4) is 0 Å². The van der Waals surface area contributed by atoms with E-state index in [1.807, 2.05) is 44.2 Å². The molecule has 0 saturated carbocycles. The maximum atomic E-state index is 10.7. The van der Waals surface area contributed by atoms with Crippen LogP contribution in [-0.2, 0) is 31.1 Å². The monoisotopic (exact) mass is 713 g/mol. The third kappa shape index (κ3) is 13.3. The summed E-state index contributed by atoms with van der Waals surface area (Å²) in [6.45, 7) is 7.18. The molecule has 51 heavy (non-hydrogen) atoms. The van der Waals surface area contributed by atoms with Gasteiger partial charge in [-0.05, 0) is 69.2 Å². The summed E-state index contributed by atoms with van der Waals surface area (Å²) in [7, 11) is 0. The minimum absolute atomic E-state index is 0.0226. The van der Waals surface area contributed by atoms with E-state index in [4.69, 9.17) is 9.84 Å². The highest BCUT2D eigenvalue weighted by Gasteiger charge is 2.16. The number of ether oxygens (including phenoxy) is 1. The molecule has 0 fully saturated rings. The number of hydrogen-bond acceptors (Lipinski definition) is 12. The zero-order valence-electron chi connectivity index (χ0n) is 28.1. The van der Waals surface area contributed by atoms with Crippen LogP contribution in [0.2, 0.25) is 0 Å². The summed E-state index contributed by atoms with van der Waals surface area (Å²) >= 11 is 0. The van der Waals surface area contributed by atoms with E-state index in [0.29, 0.717) is 25.4 Å². The number of aliphatic hydroxyl groups excluding tert-OH is 2. The largest absolute Gasteiger partial charge is 0.387 e. The maximum Gasteiger partial charge on any atom is 0.381 e. The molecule has 5 rings (SSSR count). The fourth-order valence-electron chi connectivity index (χ4n) is 4.26. The molecule has 4 aromatic heterocycles. The Bertz CT molecular complexity index is 1830. The molecule has 5 aromatic rings. The molecule has 0 radical (unpaired) electrons. The Hall–Kier alpha value is -6.25. The van der Waals surface area contributed by atoms with Gasteiger partial charge in [-0.1, -0.05) is 30.3 Å². The van der Waals surface area contributed by atoms with Crippen molar-refractivity contribution in [1.29, 1.82) is 0 Å². The average molecular weight is 714 g/mol. The standard InChI is InChI=1S/C11H10N2O2.C9H14N2O4.C6H8N2O3.C5H7N3O2/c14-13(15)11-7-4-8-12(11)9-10-5-2-1-3-6-10;1-2-15-7-8(12)6-10-5-3-4-9(10)11(13)14;1-5-2-3-6(8(10)11)7(5)4-9;1-2-7-3-5(6-4-7)8(9)10/h1-8H,9H2;3-5,8,12H,2,6-7H2,1H3;2-3,9H,4H2,1H3;3-4H,2H2,1H3. The van der Waals surface area contributed by atoms with E-state index in [2.05, 4.69) is 4.98 Å². The molecule has 0 aliphatic rings. The lowest BCUT2D eigenvalue weighted by Gasteiger charge is -2.09. The second-order valence-electron chi connectivity index (χ2n) is 10.3. The minimum Gasteiger partial charge on any atom is -0.387 e. The number of imidazole rings is 1. The van der Waals surface area contributed by atoms with Crippen LogP contribution >= 0.6 is 0 Å². The zero-order chi connectivity index (χ0) is 37.9. The van der Waals surface area contributed by atoms with Crippen molar-refractivity contribution in [2.45, 2.75) is 53.2 Å². The lowest BCUT2D eigenvalue weighted by molar-refractivity contribution is -0.392. The molecule has 0 spiro atoms. The first kappa shape index (κ1) is 40.9. The van der Waals surface area contributed by atoms with Gasteiger partial charge < -0.3 is 60.0 Å². The number of hydrogen-bond donors (Lipinski definition) is 2. The normalized spacial score (nSPS) is 10.8. The Balaban J connectivity index is 0.000000239. The van der Waals surface area contributed by atoms with E-state index in [0.717, 1.165) is 5.56 Å². The summed E-state index contributed by atoms with van der Waals surface area (Å²) in [5.41, 5.74) is 1.73. The summed E-state index contributed by atoms with van der Waals surface area (Å²) in [6.07, 6.45) is 5.40. The van der Waals surface area contributed by atoms with E-state index in [1.54, 1.807) is 46.7 Å². The van der Waals surface area contributed by atoms with Gasteiger partial charge in [0.25, 0.3) is 0 Å². The quantitative estimate of drug-likeness (QED) is 0.124. The molecular formula is C31H39N9O11. The molecule has 1 atom stereocenters. The summed E-state index contributed by atoms with van der Waals surface area (Å²) in [5, 5.41) is 59.7. The van der Waals surface area contributed by atoms with Crippen LogP contribution in [0.4, 0.5) is 23.3 Å². The molecule has 0 aliphatic heterocycles. The number of aryl methyl sites for hydroxylation is 2. The second kappa shape index (κ2) is 21.0. The molecule has 0 amide bonds. The molecule has 2 N–H and O–H groups in total. The van der Waals surface area contributed by atoms with Crippen molar-refractivity contribution in [2.24, 2.45) is 0 Å². The zero-order valence-corrected chi connectivity index (χ0v) is 28.1. The molecule has 1 unspecified atom stereocenters. The van der Waals surface area contributed by atoms with Crippen molar-refractivity contribution in [3.05, 3.63) is 143 Å². The van der Waals surface area contributed by atoms with E-state index in [9.17, 15) is 45.6 Å². The van der Waals surface area contributed by atoms with Crippen LogP contribution in [0.25, 0.3) is 0 Å². The number of rotatable bonds is 13. The molecule has 0 aliphatic carbocycles. The van der Waals surface area contributed by atoms with Crippen molar-refractivity contribution < 1.29 is 34.6 Å². The third-order valence-corrected chi connectivity index (χ3v) is 6.78. The summed E-state index contributed by atoms with van der Waals surface area (Å²) in [5.74, 6) is -0.0729. The smallest absolute Gasteiger partial charge is 0.381 e. The molecular weight excluding hydrogens is 674 g/mol. The van der Waals surface area contributed by atoms with Gasteiger partial charge in [-0.15, -0.1) is 0 Å². The number of aliphatic hydroxyl groups is 2. The van der Waals surface area contributed by atoms with Gasteiger partial charge in [0.1, 0.15) is 31.1 Å². The van der Waals surface area contributed by atoms with Gasteiger partial charge in [-0.2, -0.15) is 0 Å². The van der Waals surface area contributed by atoms with Gasteiger partial charge in [-0.3, -0.25) is 0 Å². The maximum absolute atomic E-state index is 10.7. The van der Waals surface area contributed by atoms with Crippen LogP contribution in [0.15, 0.2) is 91.6 Å². The molecule has 20 heteroatoms. The van der Waals surface area contributed by atoms with Crippen LogP contribution in [0.1, 0.15) is 25.1 Å². The molecule has 0 bridgehead atoms. The SMILES string of the molecule is CCOCC(O)Cn1cccc1[N+](=O)[O-].CCn1cnc([N+](=O)[O-])c1.Cc1ccc([N+](=O)[O-])n1CO.O=[N+]([O-])c1cccn1Cc1ccccc1. The first-order valence-electron chi connectivity index (χ1n) is 15.3. The predicted octanol–water partition coefficient (Wildman–Crippen LogP) is 4.70. The number of nitrogens with zero attached hydrogens (tertiary/aromatic N) is 9. The predicted molar refractivity (Wildman–Crippen MR) is 183 cm³/mol. The van der Waals surface area contributed by atoms with Crippen LogP contribution < -0.4 is 0 Å². The number of aromatic nitrogens is 5. The number of nitro groups is 4. The van der Waals surface area contributed by atoms with Crippen LogP contribution in [0, 0.1) is 47.4 Å². The van der Waals surface area contributed by atoms with Crippen LogP contribution in [0.5, 0.6) is 0 Å². The Morgan fingerprint density at radius 3 is 1.84 bits per heavy atom. The van der Waals surface area contributed by atoms with E-state index in [-0.39, 0.29) is 48.1 Å². The Labute approximate surface area is 291 Å². The fourth-order valence-corrected chi connectivity index (χ4v) is 4.26. The lowest BCUT2D eigenvalue weighted by atomic mass is 10.2. The van der Waals surface area contributed by atoms with Crippen molar-refractivity contribution in [2.75, 3.05) is 13.2 Å². The van der Waals surface area contributed by atoms with Crippen molar-refractivity contribution in [3.8, 4) is 0 Å². The molecule has 1 aromatic carbocycles. The highest BCUT2D eigenvalue weighted by molar-refractivity contribution is 5.26. The van der Waals surface area contributed by atoms with Gasteiger partial charge in [0, 0.05) is 31.4 Å². The highest BCUT2D eigenvalue weighted by atomic mass is 16.6. The van der Waals surface area contributed by atoms with Gasteiger partial charge in [0.05, 0.1) is 19.0 Å². The molecule has 274 valence electrons. The number of benzene rings is 1. The summed E-state index contributed by atoms with van der Waals surface area (Å²) in [4.78, 5) is 43.2. The Morgan fingerprint density at radius 1 is 0.784 bits per heavy atom. The molecule has 4 heterocycles. The lowest BCUT2D eigenvalue weighted by Crippen LogP contribution is -2.22. The van der Waals surface area contributed by atoms with Gasteiger partial charge in [0.15, 0.2) is 6.73 Å². The van der Waals surface area contributed by atoms with Crippen LogP contribution in [-0.4, -0.2) is 72.5 Å². The van der Waals surface area contributed by atoms with E-state index in [1.165, 1.54) is 39.9 Å². The van der Waals surface area contributed by atoms with Gasteiger partial charge in [-0.25, -0.2) is 13.7 Å². The highest BCUT2D eigenvalue weighted by Crippen LogP contribution is 2.16. The average Bonchev–Trinajstić information content (AvgIpc) is 3.92. The van der Waals surface area contributed by atoms with Crippen molar-refractivity contribution in [1.82, 2.24) is 23.3 Å². The van der Waals surface area contributed by atoms with Crippen molar-refractivity contribution >= 4 is 23.3 Å². The topological polar surface area (TPSA) is 255 Å². The molecule has 0 saturated heterocycles. The Morgan fingerprint density at radius 2 is 1.37 bits per heavy atom. The van der Waals surface area contributed by atoms with Gasteiger partial charge >= 0.3 is 23.3 Å². The van der Waals surface area contributed by atoms with E-state index >= 15 is 0 Å². The summed E-state index contributed by atoms with van der Waals surface area (Å²) in [6, 6.07) is 18.8. The second-order valence-corrected chi connectivity index (χ2v) is 10.3. The third-order valence-electron chi connectivity index (χ3n) is 6.78. The van der Waals surface area contributed by atoms with E-state index < -0.39 is 20.9 Å². The fraction of sp³-hybridized carbons (Fsp3) is 0.323. The van der Waals surface area contributed by atoms with Gasteiger partial charge in [0.2, 0.25) is 6.33 Å². The van der Waals surface area contributed by atoms with Crippen molar-refractivity contribution in [3.63, 3.8) is 0 Å². The minimum atomic E-state index is -0.726. The molecule has 20 nitrogen and oxygen atoms in total. The first-order chi connectivity index (χ1) is 24.3.